The highest BCUT2D eigenvalue weighted by atomic mass is 127. The zero-order valence-corrected chi connectivity index (χ0v) is 16.1. The fourth-order valence-electron chi connectivity index (χ4n) is 1.98. The standard InChI is InChI=1S/C15H22INO4S/c1-4-10-17(11-5-2)22(19,20)14-8-6-13(7-9-14)15(18)21-12(3)16/h6-9,12H,4-5,10-11H2,1-3H3. The summed E-state index contributed by atoms with van der Waals surface area (Å²) in [6.07, 6.45) is 1.52. The SMILES string of the molecule is CCCN(CCC)S(=O)(=O)c1ccc(C(=O)OC(C)I)cc1. The van der Waals surface area contributed by atoms with Gasteiger partial charge in [-0.15, -0.1) is 0 Å². The van der Waals surface area contributed by atoms with Crippen molar-refractivity contribution in [2.75, 3.05) is 13.1 Å². The van der Waals surface area contributed by atoms with Crippen LogP contribution in [0.25, 0.3) is 0 Å². The molecule has 0 aliphatic heterocycles. The van der Waals surface area contributed by atoms with Crippen LogP contribution in [-0.4, -0.2) is 35.9 Å². The van der Waals surface area contributed by atoms with Gasteiger partial charge in [-0.2, -0.15) is 4.31 Å². The summed E-state index contributed by atoms with van der Waals surface area (Å²) in [5.74, 6) is -0.454. The van der Waals surface area contributed by atoms with Crippen LogP contribution in [0.2, 0.25) is 0 Å². The minimum Gasteiger partial charge on any atom is -0.448 e. The topological polar surface area (TPSA) is 63.7 Å². The Labute approximate surface area is 146 Å². The molecule has 0 heterocycles. The summed E-state index contributed by atoms with van der Waals surface area (Å²) in [6.45, 7) is 6.63. The van der Waals surface area contributed by atoms with Crippen LogP contribution in [0.5, 0.6) is 0 Å². The molecule has 0 spiro atoms. The zero-order chi connectivity index (χ0) is 16.8. The van der Waals surface area contributed by atoms with E-state index in [4.69, 9.17) is 4.74 Å². The number of sulfonamides is 1. The van der Waals surface area contributed by atoms with Crippen molar-refractivity contribution in [3.63, 3.8) is 0 Å². The van der Waals surface area contributed by atoms with Gasteiger partial charge in [0.1, 0.15) is 4.11 Å². The maximum Gasteiger partial charge on any atom is 0.339 e. The Morgan fingerprint density at radius 1 is 1.18 bits per heavy atom. The molecule has 1 rings (SSSR count). The summed E-state index contributed by atoms with van der Waals surface area (Å²) in [5.41, 5.74) is 0.347. The van der Waals surface area contributed by atoms with Crippen molar-refractivity contribution in [1.82, 2.24) is 4.31 Å². The van der Waals surface area contributed by atoms with Crippen LogP contribution in [0.1, 0.15) is 44.0 Å². The first-order valence-electron chi connectivity index (χ1n) is 7.28. The summed E-state index contributed by atoms with van der Waals surface area (Å²) >= 11 is 1.99. The number of nitrogens with zero attached hydrogens (tertiary/aromatic N) is 1. The van der Waals surface area contributed by atoms with Gasteiger partial charge in [0.05, 0.1) is 10.5 Å². The van der Waals surface area contributed by atoms with Crippen LogP contribution in [0.3, 0.4) is 0 Å². The van der Waals surface area contributed by atoms with Crippen molar-refractivity contribution in [3.05, 3.63) is 29.8 Å². The average Bonchev–Trinajstić information content (AvgIpc) is 2.46. The molecule has 1 aromatic carbocycles. The smallest absolute Gasteiger partial charge is 0.339 e. The minimum absolute atomic E-state index is 0.202. The van der Waals surface area contributed by atoms with Gasteiger partial charge in [-0.05, 0) is 66.6 Å². The lowest BCUT2D eigenvalue weighted by Gasteiger charge is -2.21. The normalized spacial score (nSPS) is 13.1. The second kappa shape index (κ2) is 8.83. The van der Waals surface area contributed by atoms with Gasteiger partial charge in [0.15, 0.2) is 0 Å². The maximum absolute atomic E-state index is 12.6. The van der Waals surface area contributed by atoms with Crippen molar-refractivity contribution in [3.8, 4) is 0 Å². The number of carbonyl (C=O) groups excluding carboxylic acids is 1. The van der Waals surface area contributed by atoms with Gasteiger partial charge in [-0.1, -0.05) is 13.8 Å². The van der Waals surface area contributed by atoms with E-state index in [9.17, 15) is 13.2 Å². The van der Waals surface area contributed by atoms with Gasteiger partial charge in [-0.3, -0.25) is 0 Å². The van der Waals surface area contributed by atoms with Crippen molar-refractivity contribution < 1.29 is 17.9 Å². The lowest BCUT2D eigenvalue weighted by atomic mass is 10.2. The Kier molecular flexibility index (Phi) is 7.78. The molecule has 1 atom stereocenters. The lowest BCUT2D eigenvalue weighted by molar-refractivity contribution is 0.0502. The molecule has 0 aromatic heterocycles. The summed E-state index contributed by atoms with van der Waals surface area (Å²) in [6, 6.07) is 5.90. The lowest BCUT2D eigenvalue weighted by Crippen LogP contribution is -2.32. The predicted molar refractivity (Wildman–Crippen MR) is 94.7 cm³/mol. The molecule has 7 heteroatoms. The first kappa shape index (κ1) is 19.4. The second-order valence-electron chi connectivity index (χ2n) is 4.88. The molecule has 1 unspecified atom stereocenters. The summed E-state index contributed by atoms with van der Waals surface area (Å²) in [7, 11) is -3.51. The van der Waals surface area contributed by atoms with Gasteiger partial charge in [0.25, 0.3) is 0 Å². The minimum atomic E-state index is -3.51. The van der Waals surface area contributed by atoms with Crippen molar-refractivity contribution in [2.45, 2.75) is 42.6 Å². The van der Waals surface area contributed by atoms with Crippen LogP contribution in [0, 0.1) is 0 Å². The molecule has 1 aromatic rings. The molecule has 5 nitrogen and oxygen atoms in total. The number of carbonyl (C=O) groups is 1. The molecule has 0 fully saturated rings. The van der Waals surface area contributed by atoms with Gasteiger partial charge in [-0.25, -0.2) is 13.2 Å². The van der Waals surface area contributed by atoms with E-state index in [0.717, 1.165) is 12.8 Å². The Balaban J connectivity index is 2.99. The maximum atomic E-state index is 12.6. The van der Waals surface area contributed by atoms with Crippen LogP contribution >= 0.6 is 22.6 Å². The van der Waals surface area contributed by atoms with E-state index in [2.05, 4.69) is 0 Å². The number of hydrogen-bond donors (Lipinski definition) is 0. The number of hydrogen-bond acceptors (Lipinski definition) is 4. The van der Waals surface area contributed by atoms with Crippen molar-refractivity contribution in [2.24, 2.45) is 0 Å². The molecule has 124 valence electrons. The molecule has 0 bridgehead atoms. The fourth-order valence-corrected chi connectivity index (χ4v) is 3.83. The van der Waals surface area contributed by atoms with Gasteiger partial charge < -0.3 is 4.74 Å². The Morgan fingerprint density at radius 3 is 2.09 bits per heavy atom. The van der Waals surface area contributed by atoms with E-state index in [1.165, 1.54) is 28.6 Å². The average molecular weight is 439 g/mol. The number of esters is 1. The van der Waals surface area contributed by atoms with E-state index in [0.29, 0.717) is 18.7 Å². The third-order valence-corrected chi connectivity index (χ3v) is 5.11. The van der Waals surface area contributed by atoms with E-state index < -0.39 is 16.0 Å². The molecule has 22 heavy (non-hydrogen) atoms. The molecule has 0 N–H and O–H groups in total. The van der Waals surface area contributed by atoms with E-state index in [-0.39, 0.29) is 9.01 Å². The summed E-state index contributed by atoms with van der Waals surface area (Å²) < 4.78 is 31.5. The monoisotopic (exact) mass is 439 g/mol. The molecular weight excluding hydrogens is 417 g/mol. The van der Waals surface area contributed by atoms with Crippen LogP contribution in [0.4, 0.5) is 0 Å². The number of halogens is 1. The number of rotatable bonds is 8. The Morgan fingerprint density at radius 2 is 1.68 bits per heavy atom. The predicted octanol–water partition coefficient (Wildman–Crippen LogP) is 3.44. The van der Waals surface area contributed by atoms with Gasteiger partial charge in [0, 0.05) is 13.1 Å². The highest BCUT2D eigenvalue weighted by molar-refractivity contribution is 14.1. The quantitative estimate of drug-likeness (QED) is 0.354. The Hall–Kier alpha value is -0.670. The first-order valence-corrected chi connectivity index (χ1v) is 9.96. The van der Waals surface area contributed by atoms with Gasteiger partial charge >= 0.3 is 5.97 Å². The van der Waals surface area contributed by atoms with Crippen molar-refractivity contribution in [1.29, 1.82) is 0 Å². The van der Waals surface area contributed by atoms with E-state index >= 15 is 0 Å². The number of alkyl halides is 1. The third-order valence-electron chi connectivity index (χ3n) is 2.94. The van der Waals surface area contributed by atoms with E-state index in [1.807, 2.05) is 36.4 Å². The number of ether oxygens (including phenoxy) is 1. The van der Waals surface area contributed by atoms with Crippen LogP contribution in [-0.2, 0) is 14.8 Å². The zero-order valence-electron chi connectivity index (χ0n) is 13.1. The van der Waals surface area contributed by atoms with Crippen molar-refractivity contribution >= 4 is 38.6 Å². The van der Waals surface area contributed by atoms with E-state index in [1.54, 1.807) is 6.92 Å². The number of benzene rings is 1. The molecule has 0 amide bonds. The highest BCUT2D eigenvalue weighted by Crippen LogP contribution is 2.18. The van der Waals surface area contributed by atoms with Crippen LogP contribution < -0.4 is 0 Å². The molecule has 0 aliphatic carbocycles. The molecule has 0 radical (unpaired) electrons. The molecule has 0 saturated carbocycles. The van der Waals surface area contributed by atoms with Gasteiger partial charge in [0.2, 0.25) is 10.0 Å². The Bertz CT molecular complexity index is 578. The highest BCUT2D eigenvalue weighted by Gasteiger charge is 2.23. The third kappa shape index (κ3) is 5.20. The summed E-state index contributed by atoms with van der Waals surface area (Å²) in [4.78, 5) is 12.0. The second-order valence-corrected chi connectivity index (χ2v) is 8.57. The largest absolute Gasteiger partial charge is 0.448 e. The fraction of sp³-hybridized carbons (Fsp3) is 0.533. The summed E-state index contributed by atoms with van der Waals surface area (Å²) in [5, 5.41) is 0. The first-order chi connectivity index (χ1) is 10.3. The molecular formula is C15H22INO4S. The molecule has 0 aliphatic rings. The van der Waals surface area contributed by atoms with Crippen LogP contribution in [0.15, 0.2) is 29.2 Å². The molecule has 0 saturated heterocycles.